The van der Waals surface area contributed by atoms with Gasteiger partial charge in [-0.1, -0.05) is 94.7 Å². The predicted octanol–water partition coefficient (Wildman–Crippen LogP) is 13.4. The van der Waals surface area contributed by atoms with Gasteiger partial charge in [0, 0.05) is 17.7 Å². The van der Waals surface area contributed by atoms with Gasteiger partial charge in [0.05, 0.1) is 0 Å². The average Bonchev–Trinajstić information content (AvgIpc) is 3.06. The first-order valence-electron chi connectivity index (χ1n) is 17.1. The molecule has 4 aromatic rings. The summed E-state index contributed by atoms with van der Waals surface area (Å²) in [7, 11) is 0. The van der Waals surface area contributed by atoms with Gasteiger partial charge in [-0.3, -0.25) is 0 Å². The number of alkyl halides is 2. The molecule has 0 N–H and O–H groups in total. The number of ether oxygens (including phenoxy) is 1. The Morgan fingerprint density at radius 1 is 0.592 bits per heavy atom. The Hall–Kier alpha value is -3.88. The van der Waals surface area contributed by atoms with Crippen LogP contribution < -0.4 is 4.74 Å². The molecule has 262 valence electrons. The zero-order valence-corrected chi connectivity index (χ0v) is 27.4. The Kier molecular flexibility index (Phi) is 12.0. The molecular formula is C40H40F8O. The molecule has 0 saturated heterocycles. The quantitative estimate of drug-likeness (QED) is 0.0728. The maximum Gasteiger partial charge on any atom is 0.432 e. The van der Waals surface area contributed by atoms with Crippen molar-refractivity contribution in [2.24, 2.45) is 5.92 Å². The molecule has 5 rings (SSSR count). The molecule has 1 nitrogen and oxygen atoms in total. The third-order valence-electron chi connectivity index (χ3n) is 9.59. The van der Waals surface area contributed by atoms with Crippen LogP contribution >= 0.6 is 0 Å². The molecule has 0 aromatic heterocycles. The van der Waals surface area contributed by atoms with Gasteiger partial charge in [-0.2, -0.15) is 8.78 Å². The van der Waals surface area contributed by atoms with E-state index in [1.54, 1.807) is 6.07 Å². The SMILES string of the molecule is CCCCCCCCCC1CCC(c2ccc(-c3ccc(-c4cc(F)c(C(F)(F)Oc5cc(F)c(F)c(F)c5)c(F)c4)c(F)c3)cc2)CC1. The van der Waals surface area contributed by atoms with Crippen molar-refractivity contribution in [1.82, 2.24) is 0 Å². The number of unbranched alkanes of at least 4 members (excludes halogenated alkanes) is 6. The van der Waals surface area contributed by atoms with E-state index in [2.05, 4.69) is 23.8 Å². The monoisotopic (exact) mass is 688 g/mol. The number of benzene rings is 4. The molecule has 1 aliphatic rings. The molecule has 9 heteroatoms. The molecule has 1 aliphatic carbocycles. The van der Waals surface area contributed by atoms with Gasteiger partial charge in [-0.05, 0) is 78.0 Å². The van der Waals surface area contributed by atoms with E-state index in [-0.39, 0.29) is 23.3 Å². The molecule has 0 radical (unpaired) electrons. The van der Waals surface area contributed by atoms with E-state index in [0.717, 1.165) is 24.3 Å². The van der Waals surface area contributed by atoms with Crippen LogP contribution in [0.4, 0.5) is 35.1 Å². The molecule has 0 spiro atoms. The summed E-state index contributed by atoms with van der Waals surface area (Å²) < 4.78 is 119. The molecule has 0 atom stereocenters. The van der Waals surface area contributed by atoms with Gasteiger partial charge < -0.3 is 4.74 Å². The average molecular weight is 689 g/mol. The van der Waals surface area contributed by atoms with Gasteiger partial charge in [0.1, 0.15) is 28.8 Å². The molecule has 1 fully saturated rings. The van der Waals surface area contributed by atoms with E-state index in [4.69, 9.17) is 0 Å². The molecule has 0 bridgehead atoms. The van der Waals surface area contributed by atoms with Crippen LogP contribution in [0.25, 0.3) is 22.3 Å². The first kappa shape index (κ1) is 36.4. The first-order valence-corrected chi connectivity index (χ1v) is 17.1. The van der Waals surface area contributed by atoms with Gasteiger partial charge in [0.2, 0.25) is 0 Å². The number of hydrogen-bond acceptors (Lipinski definition) is 1. The zero-order valence-electron chi connectivity index (χ0n) is 27.4. The van der Waals surface area contributed by atoms with E-state index < -0.39 is 52.3 Å². The second-order valence-corrected chi connectivity index (χ2v) is 13.1. The lowest BCUT2D eigenvalue weighted by molar-refractivity contribution is -0.189. The van der Waals surface area contributed by atoms with E-state index in [1.165, 1.54) is 81.9 Å². The van der Waals surface area contributed by atoms with Crippen LogP contribution in [-0.2, 0) is 6.11 Å². The molecule has 0 amide bonds. The van der Waals surface area contributed by atoms with Crippen molar-refractivity contribution in [2.45, 2.75) is 96.0 Å². The van der Waals surface area contributed by atoms with E-state index >= 15 is 4.39 Å². The molecule has 0 unspecified atom stereocenters. The molecule has 49 heavy (non-hydrogen) atoms. The van der Waals surface area contributed by atoms with Crippen molar-refractivity contribution in [3.8, 4) is 28.0 Å². The van der Waals surface area contributed by atoms with Crippen LogP contribution in [0.15, 0.2) is 66.7 Å². The highest BCUT2D eigenvalue weighted by atomic mass is 19.3. The Balaban J connectivity index is 1.20. The number of rotatable bonds is 14. The fourth-order valence-corrected chi connectivity index (χ4v) is 6.85. The van der Waals surface area contributed by atoms with E-state index in [9.17, 15) is 30.7 Å². The van der Waals surface area contributed by atoms with Gasteiger partial charge >= 0.3 is 6.11 Å². The normalized spacial score (nSPS) is 16.6. The maximum absolute atomic E-state index is 15.3. The number of hydrogen-bond donors (Lipinski definition) is 0. The predicted molar refractivity (Wildman–Crippen MR) is 175 cm³/mol. The van der Waals surface area contributed by atoms with Crippen molar-refractivity contribution in [1.29, 1.82) is 0 Å². The molecule has 0 aliphatic heterocycles. The summed E-state index contributed by atoms with van der Waals surface area (Å²) in [6.07, 6.45) is 10.6. The summed E-state index contributed by atoms with van der Waals surface area (Å²) >= 11 is 0. The van der Waals surface area contributed by atoms with Crippen molar-refractivity contribution >= 4 is 0 Å². The van der Waals surface area contributed by atoms with Crippen LogP contribution in [0.1, 0.15) is 101 Å². The lowest BCUT2D eigenvalue weighted by Gasteiger charge is -2.29. The minimum atomic E-state index is -4.75. The lowest BCUT2D eigenvalue weighted by atomic mass is 9.77. The highest BCUT2D eigenvalue weighted by Crippen LogP contribution is 2.40. The van der Waals surface area contributed by atoms with Crippen LogP contribution in [0.2, 0.25) is 0 Å². The van der Waals surface area contributed by atoms with Gasteiger partial charge in [0.25, 0.3) is 0 Å². The van der Waals surface area contributed by atoms with E-state index in [0.29, 0.717) is 23.6 Å². The molecule has 0 heterocycles. The highest BCUT2D eigenvalue weighted by Gasteiger charge is 2.41. The smallest absolute Gasteiger partial charge is 0.429 e. The van der Waals surface area contributed by atoms with Gasteiger partial charge in [-0.25, -0.2) is 26.3 Å². The van der Waals surface area contributed by atoms with Crippen LogP contribution in [-0.4, -0.2) is 0 Å². The minimum Gasteiger partial charge on any atom is -0.429 e. The van der Waals surface area contributed by atoms with E-state index in [1.807, 2.05) is 12.1 Å². The van der Waals surface area contributed by atoms with Crippen molar-refractivity contribution in [3.63, 3.8) is 0 Å². The molecular weight excluding hydrogens is 648 g/mol. The molecule has 1 saturated carbocycles. The summed E-state index contributed by atoms with van der Waals surface area (Å²) in [6.45, 7) is 2.24. The topological polar surface area (TPSA) is 9.23 Å². The third kappa shape index (κ3) is 9.03. The second kappa shape index (κ2) is 16.2. The van der Waals surface area contributed by atoms with Crippen molar-refractivity contribution in [2.75, 3.05) is 0 Å². The molecule has 4 aromatic carbocycles. The van der Waals surface area contributed by atoms with Crippen molar-refractivity contribution < 1.29 is 39.9 Å². The zero-order chi connectivity index (χ0) is 35.1. The fraction of sp³-hybridized carbons (Fsp3) is 0.400. The fourth-order valence-electron chi connectivity index (χ4n) is 6.85. The van der Waals surface area contributed by atoms with Gasteiger partial charge in [-0.15, -0.1) is 0 Å². The summed E-state index contributed by atoms with van der Waals surface area (Å²) in [5.74, 6) is -9.89. The van der Waals surface area contributed by atoms with Crippen molar-refractivity contribution in [3.05, 3.63) is 113 Å². The van der Waals surface area contributed by atoms with Crippen LogP contribution in [0.3, 0.4) is 0 Å². The third-order valence-corrected chi connectivity index (χ3v) is 9.59. The minimum absolute atomic E-state index is 0.115. The Bertz CT molecular complexity index is 1660. The standard InChI is InChI=1S/C40H40F8O/c1-2-3-4-5-6-7-8-9-25-10-12-26(13-11-25)27-14-16-28(17-15-27)29-18-19-32(33(41)20-29)30-21-34(42)38(35(43)22-30)40(47,48)49-31-23-36(44)39(46)37(45)24-31/h14-26H,2-13H2,1H3. The lowest BCUT2D eigenvalue weighted by Crippen LogP contribution is -2.25. The second-order valence-electron chi connectivity index (χ2n) is 13.1. The first-order chi connectivity index (χ1) is 23.5. The summed E-state index contributed by atoms with van der Waals surface area (Å²) in [5.41, 5.74) is 0.0830. The maximum atomic E-state index is 15.3. The van der Waals surface area contributed by atoms with Crippen LogP contribution in [0.5, 0.6) is 5.75 Å². The summed E-state index contributed by atoms with van der Waals surface area (Å²) in [4.78, 5) is 0. The highest BCUT2D eigenvalue weighted by molar-refractivity contribution is 5.71. The number of halogens is 8. The Labute approximate surface area is 282 Å². The summed E-state index contributed by atoms with van der Waals surface area (Å²) in [6, 6.07) is 13.3. The summed E-state index contributed by atoms with van der Waals surface area (Å²) in [5, 5.41) is 0. The van der Waals surface area contributed by atoms with Gasteiger partial charge in [0.15, 0.2) is 17.5 Å². The Morgan fingerprint density at radius 2 is 1.14 bits per heavy atom. The Morgan fingerprint density at radius 3 is 1.73 bits per heavy atom. The van der Waals surface area contributed by atoms with Crippen LogP contribution in [0, 0.1) is 40.8 Å². The largest absolute Gasteiger partial charge is 0.432 e.